The number of nitrogens with zero attached hydrogens (tertiary/aromatic N) is 1. The number of ether oxygens (including phenoxy) is 1. The zero-order valence-electron chi connectivity index (χ0n) is 12.0. The fourth-order valence-corrected chi connectivity index (χ4v) is 2.34. The number of hydrogen-bond donors (Lipinski definition) is 2. The standard InChI is InChI=1S/C15H20N2O4/c1-2-12(15(19)20)17-14(18)10-7-8-13(16-9-10)21-11-5-3-4-6-11/h7-9,11-12H,2-6H2,1H3,(H,17,18)(H,19,20). The molecule has 0 radical (unpaired) electrons. The van der Waals surface area contributed by atoms with E-state index in [1.165, 1.54) is 19.0 Å². The largest absolute Gasteiger partial charge is 0.480 e. The summed E-state index contributed by atoms with van der Waals surface area (Å²) in [4.78, 5) is 26.9. The average Bonchev–Trinajstić information content (AvgIpc) is 2.98. The molecule has 1 aliphatic rings. The van der Waals surface area contributed by atoms with Gasteiger partial charge in [0.2, 0.25) is 5.88 Å². The molecule has 6 nitrogen and oxygen atoms in total. The molecule has 2 N–H and O–H groups in total. The second kappa shape index (κ2) is 7.06. The van der Waals surface area contributed by atoms with Crippen molar-refractivity contribution in [2.24, 2.45) is 0 Å². The Kier molecular flexibility index (Phi) is 5.14. The van der Waals surface area contributed by atoms with Crippen LogP contribution in [0.25, 0.3) is 0 Å². The van der Waals surface area contributed by atoms with Crippen molar-refractivity contribution >= 4 is 11.9 Å². The molecular formula is C15H20N2O4. The van der Waals surface area contributed by atoms with Crippen LogP contribution in [0, 0.1) is 0 Å². The lowest BCUT2D eigenvalue weighted by Gasteiger charge is -2.13. The number of pyridine rings is 1. The monoisotopic (exact) mass is 292 g/mol. The Hall–Kier alpha value is -2.11. The average molecular weight is 292 g/mol. The number of amides is 1. The molecule has 0 saturated heterocycles. The fraction of sp³-hybridized carbons (Fsp3) is 0.533. The number of aromatic nitrogens is 1. The molecule has 21 heavy (non-hydrogen) atoms. The highest BCUT2D eigenvalue weighted by Gasteiger charge is 2.19. The molecule has 1 unspecified atom stereocenters. The zero-order chi connectivity index (χ0) is 15.2. The molecule has 1 heterocycles. The zero-order valence-corrected chi connectivity index (χ0v) is 12.0. The number of rotatable bonds is 6. The minimum atomic E-state index is -1.04. The smallest absolute Gasteiger partial charge is 0.326 e. The van der Waals surface area contributed by atoms with Gasteiger partial charge in [0, 0.05) is 12.3 Å². The highest BCUT2D eigenvalue weighted by molar-refractivity contribution is 5.96. The van der Waals surface area contributed by atoms with Crippen LogP contribution in [0.4, 0.5) is 0 Å². The Bertz CT molecular complexity index is 495. The molecule has 1 atom stereocenters. The first-order valence-electron chi connectivity index (χ1n) is 7.26. The minimum Gasteiger partial charge on any atom is -0.480 e. The van der Waals surface area contributed by atoms with Crippen LogP contribution in [0.2, 0.25) is 0 Å². The molecule has 6 heteroatoms. The van der Waals surface area contributed by atoms with Crippen LogP contribution >= 0.6 is 0 Å². The van der Waals surface area contributed by atoms with Crippen molar-refractivity contribution in [2.75, 3.05) is 0 Å². The lowest BCUT2D eigenvalue weighted by molar-refractivity contribution is -0.139. The van der Waals surface area contributed by atoms with Gasteiger partial charge in [0.15, 0.2) is 0 Å². The third-order valence-electron chi connectivity index (χ3n) is 3.60. The third-order valence-corrected chi connectivity index (χ3v) is 3.60. The van der Waals surface area contributed by atoms with Crippen LogP contribution in [0.15, 0.2) is 18.3 Å². The molecule has 1 saturated carbocycles. The van der Waals surface area contributed by atoms with Gasteiger partial charge in [-0.05, 0) is 38.2 Å². The molecule has 1 aromatic rings. The van der Waals surface area contributed by atoms with Crippen LogP contribution in [0.5, 0.6) is 5.88 Å². The summed E-state index contributed by atoms with van der Waals surface area (Å²) in [6, 6.07) is 2.36. The molecule has 2 rings (SSSR count). The summed E-state index contributed by atoms with van der Waals surface area (Å²) in [6.45, 7) is 1.70. The lowest BCUT2D eigenvalue weighted by Crippen LogP contribution is -2.40. The number of carboxylic acids is 1. The maximum atomic E-state index is 11.9. The third kappa shape index (κ3) is 4.18. The number of hydrogen-bond acceptors (Lipinski definition) is 4. The first-order valence-corrected chi connectivity index (χ1v) is 7.26. The van der Waals surface area contributed by atoms with Crippen molar-refractivity contribution in [3.05, 3.63) is 23.9 Å². The number of aliphatic carboxylic acids is 1. The van der Waals surface area contributed by atoms with E-state index in [9.17, 15) is 9.59 Å². The normalized spacial score (nSPS) is 16.4. The highest BCUT2D eigenvalue weighted by atomic mass is 16.5. The maximum Gasteiger partial charge on any atom is 0.326 e. The number of nitrogens with one attached hydrogen (secondary N) is 1. The Morgan fingerprint density at radius 1 is 1.43 bits per heavy atom. The van der Waals surface area contributed by atoms with Crippen molar-refractivity contribution in [1.29, 1.82) is 0 Å². The first kappa shape index (κ1) is 15.3. The topological polar surface area (TPSA) is 88.5 Å². The van der Waals surface area contributed by atoms with Gasteiger partial charge in [0.25, 0.3) is 5.91 Å². The van der Waals surface area contributed by atoms with Crippen molar-refractivity contribution in [3.8, 4) is 5.88 Å². The van der Waals surface area contributed by atoms with E-state index in [0.29, 0.717) is 17.9 Å². The van der Waals surface area contributed by atoms with Gasteiger partial charge in [0.05, 0.1) is 5.56 Å². The van der Waals surface area contributed by atoms with E-state index in [0.717, 1.165) is 12.8 Å². The summed E-state index contributed by atoms with van der Waals surface area (Å²) >= 11 is 0. The predicted octanol–water partition coefficient (Wildman–Crippen LogP) is 2.00. The maximum absolute atomic E-state index is 11.9. The minimum absolute atomic E-state index is 0.216. The van der Waals surface area contributed by atoms with E-state index in [1.54, 1.807) is 19.1 Å². The van der Waals surface area contributed by atoms with Gasteiger partial charge in [-0.25, -0.2) is 9.78 Å². The molecule has 1 aliphatic carbocycles. The van der Waals surface area contributed by atoms with E-state index in [4.69, 9.17) is 9.84 Å². The van der Waals surface area contributed by atoms with Gasteiger partial charge in [-0.2, -0.15) is 0 Å². The molecule has 0 bridgehead atoms. The Morgan fingerprint density at radius 2 is 2.14 bits per heavy atom. The van der Waals surface area contributed by atoms with E-state index in [-0.39, 0.29) is 6.10 Å². The molecule has 1 fully saturated rings. The van der Waals surface area contributed by atoms with Crippen molar-refractivity contribution in [1.82, 2.24) is 10.3 Å². The summed E-state index contributed by atoms with van der Waals surface area (Å²) in [5.41, 5.74) is 0.327. The van der Waals surface area contributed by atoms with Crippen LogP contribution in [0.1, 0.15) is 49.4 Å². The predicted molar refractivity (Wildman–Crippen MR) is 76.3 cm³/mol. The van der Waals surface area contributed by atoms with E-state index in [2.05, 4.69) is 10.3 Å². The summed E-state index contributed by atoms with van der Waals surface area (Å²) in [6.07, 6.45) is 6.40. The summed E-state index contributed by atoms with van der Waals surface area (Å²) in [5, 5.41) is 11.4. The Labute approximate surface area is 123 Å². The summed E-state index contributed by atoms with van der Waals surface area (Å²) in [7, 11) is 0. The van der Waals surface area contributed by atoms with Crippen molar-refractivity contribution < 1.29 is 19.4 Å². The van der Waals surface area contributed by atoms with Crippen LogP contribution in [-0.4, -0.2) is 34.1 Å². The van der Waals surface area contributed by atoms with E-state index in [1.807, 2.05) is 0 Å². The van der Waals surface area contributed by atoms with Crippen LogP contribution in [-0.2, 0) is 4.79 Å². The Morgan fingerprint density at radius 3 is 2.67 bits per heavy atom. The SMILES string of the molecule is CCC(NC(=O)c1ccc(OC2CCCC2)nc1)C(=O)O. The number of carbonyl (C=O) groups excluding carboxylic acids is 1. The second-order valence-corrected chi connectivity index (χ2v) is 5.18. The lowest BCUT2D eigenvalue weighted by atomic mass is 10.2. The summed E-state index contributed by atoms with van der Waals surface area (Å²) < 4.78 is 5.71. The molecule has 0 aromatic carbocycles. The molecule has 0 spiro atoms. The first-order chi connectivity index (χ1) is 10.1. The Balaban J connectivity index is 1.94. The highest BCUT2D eigenvalue weighted by Crippen LogP contribution is 2.22. The van der Waals surface area contributed by atoms with Crippen LogP contribution < -0.4 is 10.1 Å². The molecular weight excluding hydrogens is 272 g/mol. The van der Waals surface area contributed by atoms with Crippen LogP contribution in [0.3, 0.4) is 0 Å². The second-order valence-electron chi connectivity index (χ2n) is 5.18. The number of carbonyl (C=O) groups is 2. The molecule has 114 valence electrons. The fourth-order valence-electron chi connectivity index (χ4n) is 2.34. The van der Waals surface area contributed by atoms with E-state index < -0.39 is 17.9 Å². The van der Waals surface area contributed by atoms with Crippen molar-refractivity contribution in [2.45, 2.75) is 51.2 Å². The van der Waals surface area contributed by atoms with E-state index >= 15 is 0 Å². The van der Waals surface area contributed by atoms with Gasteiger partial charge in [0.1, 0.15) is 12.1 Å². The molecule has 1 amide bonds. The molecule has 0 aliphatic heterocycles. The van der Waals surface area contributed by atoms with Crippen molar-refractivity contribution in [3.63, 3.8) is 0 Å². The van der Waals surface area contributed by atoms with Gasteiger partial charge in [-0.1, -0.05) is 6.92 Å². The quantitative estimate of drug-likeness (QED) is 0.837. The van der Waals surface area contributed by atoms with Gasteiger partial charge < -0.3 is 15.2 Å². The van der Waals surface area contributed by atoms with Gasteiger partial charge >= 0.3 is 5.97 Å². The van der Waals surface area contributed by atoms with Gasteiger partial charge in [-0.15, -0.1) is 0 Å². The van der Waals surface area contributed by atoms with Gasteiger partial charge in [-0.3, -0.25) is 4.79 Å². The molecule has 1 aromatic heterocycles. The number of carboxylic acid groups (broad SMARTS) is 1. The summed E-state index contributed by atoms with van der Waals surface area (Å²) in [5.74, 6) is -0.979.